The van der Waals surface area contributed by atoms with Crippen LogP contribution in [0.4, 0.5) is 0 Å². The molecule has 1 aromatic rings. The lowest BCUT2D eigenvalue weighted by Gasteiger charge is -2.05. The van der Waals surface area contributed by atoms with Crippen molar-refractivity contribution < 1.29 is 0 Å². The fourth-order valence-electron chi connectivity index (χ4n) is 1.40. The van der Waals surface area contributed by atoms with E-state index in [4.69, 9.17) is 0 Å². The third-order valence-electron chi connectivity index (χ3n) is 2.07. The van der Waals surface area contributed by atoms with Crippen LogP contribution in [0.25, 0.3) is 0 Å². The fraction of sp³-hybridized carbons (Fsp3) is 0.857. The van der Waals surface area contributed by atoms with Gasteiger partial charge in [-0.05, 0) is 24.6 Å². The second kappa shape index (κ2) is 4.06. The number of nitrogens with one attached hydrogen (secondary N) is 1. The van der Waals surface area contributed by atoms with Crippen molar-refractivity contribution in [2.45, 2.75) is 24.0 Å². The van der Waals surface area contributed by atoms with Gasteiger partial charge in [-0.25, -0.2) is 0 Å². The van der Waals surface area contributed by atoms with Crippen LogP contribution in [0.1, 0.15) is 12.8 Å². The van der Waals surface area contributed by atoms with Gasteiger partial charge in [0.15, 0.2) is 0 Å². The highest BCUT2D eigenvalue weighted by Gasteiger charge is 2.14. The van der Waals surface area contributed by atoms with Gasteiger partial charge in [-0.1, -0.05) is 11.8 Å². The molecule has 0 radical (unpaired) electrons. The molecule has 72 valence electrons. The molecule has 0 saturated carbocycles. The van der Waals surface area contributed by atoms with Gasteiger partial charge in [0.25, 0.3) is 0 Å². The van der Waals surface area contributed by atoms with E-state index >= 15 is 0 Å². The van der Waals surface area contributed by atoms with Gasteiger partial charge in [0.2, 0.25) is 5.16 Å². The summed E-state index contributed by atoms with van der Waals surface area (Å²) in [5.74, 6) is 1.05. The maximum Gasteiger partial charge on any atom is 0.231 e. The Morgan fingerprint density at radius 2 is 2.62 bits per heavy atom. The molecule has 0 bridgehead atoms. The molecule has 1 aliphatic heterocycles. The third-order valence-corrected chi connectivity index (χ3v) is 3.06. The molecule has 2 rings (SSSR count). The quantitative estimate of drug-likeness (QED) is 0.697. The van der Waals surface area contributed by atoms with Gasteiger partial charge in [-0.2, -0.15) is 4.80 Å². The van der Waals surface area contributed by atoms with E-state index in [1.807, 2.05) is 0 Å². The lowest BCUT2D eigenvalue weighted by Crippen LogP contribution is -2.23. The molecule has 0 aliphatic carbocycles. The van der Waals surface area contributed by atoms with Crippen LogP contribution in [0.5, 0.6) is 0 Å². The SMILES string of the molecule is Cn1nnc(SCC2CCCN2)n1. The molecule has 13 heavy (non-hydrogen) atoms. The van der Waals surface area contributed by atoms with Gasteiger partial charge in [-0.3, -0.25) is 0 Å². The maximum absolute atomic E-state index is 4.10. The van der Waals surface area contributed by atoms with Gasteiger partial charge in [0.05, 0.1) is 7.05 Å². The minimum Gasteiger partial charge on any atom is -0.313 e. The van der Waals surface area contributed by atoms with E-state index < -0.39 is 0 Å². The monoisotopic (exact) mass is 199 g/mol. The van der Waals surface area contributed by atoms with E-state index in [1.54, 1.807) is 18.8 Å². The second-order valence-electron chi connectivity index (χ2n) is 3.17. The Balaban J connectivity index is 1.78. The van der Waals surface area contributed by atoms with Gasteiger partial charge in [-0.15, -0.1) is 10.2 Å². The average Bonchev–Trinajstić information content (AvgIpc) is 2.71. The molecule has 1 atom stereocenters. The summed E-state index contributed by atoms with van der Waals surface area (Å²) in [5, 5.41) is 16.0. The molecule has 1 unspecified atom stereocenters. The molecular formula is C7H13N5S. The van der Waals surface area contributed by atoms with Gasteiger partial charge in [0, 0.05) is 11.8 Å². The number of nitrogens with zero attached hydrogens (tertiary/aromatic N) is 4. The first-order chi connectivity index (χ1) is 6.34. The Labute approximate surface area is 81.3 Å². The fourth-order valence-corrected chi connectivity index (χ4v) is 2.30. The van der Waals surface area contributed by atoms with Crippen molar-refractivity contribution in [3.05, 3.63) is 0 Å². The predicted molar refractivity (Wildman–Crippen MR) is 50.5 cm³/mol. The van der Waals surface area contributed by atoms with Crippen molar-refractivity contribution in [3.8, 4) is 0 Å². The first-order valence-electron chi connectivity index (χ1n) is 4.45. The molecule has 2 heterocycles. The smallest absolute Gasteiger partial charge is 0.231 e. The molecular weight excluding hydrogens is 186 g/mol. The average molecular weight is 199 g/mol. The van der Waals surface area contributed by atoms with E-state index in [9.17, 15) is 0 Å². The van der Waals surface area contributed by atoms with Crippen molar-refractivity contribution in [1.82, 2.24) is 25.5 Å². The van der Waals surface area contributed by atoms with Crippen molar-refractivity contribution >= 4 is 11.8 Å². The van der Waals surface area contributed by atoms with E-state index in [1.165, 1.54) is 17.6 Å². The molecule has 0 aromatic carbocycles. The summed E-state index contributed by atoms with van der Waals surface area (Å²) in [4.78, 5) is 1.49. The van der Waals surface area contributed by atoms with Crippen LogP contribution >= 0.6 is 11.8 Å². The van der Waals surface area contributed by atoms with E-state index in [-0.39, 0.29) is 0 Å². The summed E-state index contributed by atoms with van der Waals surface area (Å²) in [6.07, 6.45) is 2.56. The van der Waals surface area contributed by atoms with Crippen LogP contribution in [-0.4, -0.2) is 38.5 Å². The topological polar surface area (TPSA) is 55.6 Å². The first-order valence-corrected chi connectivity index (χ1v) is 5.43. The lowest BCUT2D eigenvalue weighted by molar-refractivity contribution is 0.626. The summed E-state index contributed by atoms with van der Waals surface area (Å²) in [6.45, 7) is 1.15. The predicted octanol–water partition coefficient (Wildman–Crippen LogP) is 0.0542. The summed E-state index contributed by atoms with van der Waals surface area (Å²) in [5.41, 5.74) is 0. The number of rotatable bonds is 3. The summed E-state index contributed by atoms with van der Waals surface area (Å²) < 4.78 is 0. The molecule has 5 nitrogen and oxygen atoms in total. The van der Waals surface area contributed by atoms with Crippen molar-refractivity contribution in [2.75, 3.05) is 12.3 Å². The van der Waals surface area contributed by atoms with Crippen LogP contribution in [0.15, 0.2) is 5.16 Å². The number of hydrogen-bond donors (Lipinski definition) is 1. The zero-order chi connectivity index (χ0) is 9.10. The molecule has 1 N–H and O–H groups in total. The maximum atomic E-state index is 4.10. The van der Waals surface area contributed by atoms with E-state index in [0.717, 1.165) is 17.5 Å². The number of thioether (sulfide) groups is 1. The standard InChI is InChI=1S/C7H13N5S/c1-12-10-7(9-11-12)13-5-6-3-2-4-8-6/h6,8H,2-5H2,1H3. The molecule has 0 spiro atoms. The Morgan fingerprint density at radius 1 is 1.69 bits per heavy atom. The van der Waals surface area contributed by atoms with Crippen molar-refractivity contribution in [3.63, 3.8) is 0 Å². The molecule has 0 amide bonds. The Hall–Kier alpha value is -0.620. The number of tetrazole rings is 1. The highest BCUT2D eigenvalue weighted by molar-refractivity contribution is 7.99. The zero-order valence-corrected chi connectivity index (χ0v) is 8.42. The lowest BCUT2D eigenvalue weighted by atomic mass is 10.3. The molecule has 1 aromatic heterocycles. The molecule has 1 saturated heterocycles. The van der Waals surface area contributed by atoms with Crippen molar-refractivity contribution in [2.24, 2.45) is 7.05 Å². The number of aromatic nitrogens is 4. The normalized spacial score (nSPS) is 22.4. The van der Waals surface area contributed by atoms with Gasteiger partial charge in [0.1, 0.15) is 0 Å². The van der Waals surface area contributed by atoms with Crippen LogP contribution in [0.2, 0.25) is 0 Å². The minimum absolute atomic E-state index is 0.633. The van der Waals surface area contributed by atoms with Gasteiger partial charge < -0.3 is 5.32 Å². The van der Waals surface area contributed by atoms with Crippen LogP contribution in [-0.2, 0) is 7.05 Å². The number of aryl methyl sites for hydroxylation is 1. The van der Waals surface area contributed by atoms with E-state index in [0.29, 0.717) is 6.04 Å². The van der Waals surface area contributed by atoms with Crippen molar-refractivity contribution in [1.29, 1.82) is 0 Å². The summed E-state index contributed by atoms with van der Waals surface area (Å²) >= 11 is 1.67. The minimum atomic E-state index is 0.633. The third kappa shape index (κ3) is 2.41. The Bertz CT molecular complexity index is 268. The van der Waals surface area contributed by atoms with Gasteiger partial charge >= 0.3 is 0 Å². The summed E-state index contributed by atoms with van der Waals surface area (Å²) in [7, 11) is 1.78. The van der Waals surface area contributed by atoms with Crippen LogP contribution < -0.4 is 5.32 Å². The first kappa shape index (κ1) is 8.96. The molecule has 1 aliphatic rings. The Kier molecular flexibility index (Phi) is 2.80. The zero-order valence-electron chi connectivity index (χ0n) is 7.60. The highest BCUT2D eigenvalue weighted by atomic mass is 32.2. The largest absolute Gasteiger partial charge is 0.313 e. The number of hydrogen-bond acceptors (Lipinski definition) is 5. The van der Waals surface area contributed by atoms with Crippen LogP contribution in [0, 0.1) is 0 Å². The van der Waals surface area contributed by atoms with E-state index in [2.05, 4.69) is 20.7 Å². The molecule has 6 heteroatoms. The second-order valence-corrected chi connectivity index (χ2v) is 4.15. The summed E-state index contributed by atoms with van der Waals surface area (Å²) in [6, 6.07) is 0.633. The molecule has 1 fully saturated rings. The highest BCUT2D eigenvalue weighted by Crippen LogP contribution is 2.16. The Morgan fingerprint density at radius 3 is 3.23 bits per heavy atom. The van der Waals surface area contributed by atoms with Crippen LogP contribution in [0.3, 0.4) is 0 Å².